The first-order valence-corrected chi connectivity index (χ1v) is 6.20. The van der Waals surface area contributed by atoms with E-state index in [0.29, 0.717) is 11.3 Å². The summed E-state index contributed by atoms with van der Waals surface area (Å²) < 4.78 is 5.87. The first-order valence-electron chi connectivity index (χ1n) is 6.20. The van der Waals surface area contributed by atoms with Crippen molar-refractivity contribution in [3.05, 3.63) is 41.7 Å². The van der Waals surface area contributed by atoms with Gasteiger partial charge in [0.25, 0.3) is 5.91 Å². The van der Waals surface area contributed by atoms with Crippen molar-refractivity contribution in [2.45, 2.75) is 13.5 Å². The number of phenols is 1. The molecule has 0 fully saturated rings. The number of ether oxygens (including phenoxy) is 1. The fourth-order valence-corrected chi connectivity index (χ4v) is 1.75. The largest absolute Gasteiger partial charge is 0.507 e. The first kappa shape index (κ1) is 14.6. The summed E-state index contributed by atoms with van der Waals surface area (Å²) in [5.74, 6) is -0.946. The van der Waals surface area contributed by atoms with Crippen LogP contribution in [0.1, 0.15) is 15.9 Å². The molecule has 1 aromatic heterocycles. The number of hydrogen-bond donors (Lipinski definition) is 2. The minimum absolute atomic E-state index is 0.0396. The number of para-hydroxylation sites is 1. The van der Waals surface area contributed by atoms with Gasteiger partial charge < -0.3 is 15.2 Å². The van der Waals surface area contributed by atoms with Crippen LogP contribution in [-0.2, 0) is 16.1 Å². The van der Waals surface area contributed by atoms with Gasteiger partial charge in [0, 0.05) is 6.20 Å². The van der Waals surface area contributed by atoms with Crippen LogP contribution < -0.4 is 5.32 Å². The van der Waals surface area contributed by atoms with Crippen LogP contribution in [0.5, 0.6) is 5.75 Å². The number of nitrogens with one attached hydrogen (secondary N) is 1. The van der Waals surface area contributed by atoms with Gasteiger partial charge in [-0.2, -0.15) is 5.10 Å². The van der Waals surface area contributed by atoms with Crippen molar-refractivity contribution in [1.82, 2.24) is 9.78 Å². The van der Waals surface area contributed by atoms with Crippen LogP contribution in [0.3, 0.4) is 0 Å². The smallest absolute Gasteiger partial charge is 0.327 e. The number of methoxy groups -OCH3 is 1. The molecule has 2 N–H and O–H groups in total. The third-order valence-electron chi connectivity index (χ3n) is 2.89. The van der Waals surface area contributed by atoms with Crippen molar-refractivity contribution in [3.8, 4) is 5.75 Å². The molecule has 0 spiro atoms. The summed E-state index contributed by atoms with van der Waals surface area (Å²) in [5, 5.41) is 16.4. The molecule has 7 heteroatoms. The average molecular weight is 289 g/mol. The number of nitrogens with zero attached hydrogens (tertiary/aromatic N) is 2. The average Bonchev–Trinajstić information content (AvgIpc) is 2.88. The number of anilines is 1. The molecule has 0 atom stereocenters. The minimum Gasteiger partial charge on any atom is -0.507 e. The van der Waals surface area contributed by atoms with E-state index in [1.54, 1.807) is 19.1 Å². The highest BCUT2D eigenvalue weighted by Crippen LogP contribution is 2.22. The topological polar surface area (TPSA) is 93.5 Å². The Bertz CT molecular complexity index is 679. The SMILES string of the molecule is COC(=O)Cn1cc(NC(=O)c2cccc(C)c2O)cn1. The van der Waals surface area contributed by atoms with Crippen molar-refractivity contribution in [1.29, 1.82) is 0 Å². The van der Waals surface area contributed by atoms with Gasteiger partial charge in [0.1, 0.15) is 12.3 Å². The molecule has 2 aromatic rings. The van der Waals surface area contributed by atoms with Crippen LogP contribution in [0, 0.1) is 6.92 Å². The second-order valence-corrected chi connectivity index (χ2v) is 4.43. The molecule has 0 aliphatic heterocycles. The lowest BCUT2D eigenvalue weighted by Gasteiger charge is -2.06. The van der Waals surface area contributed by atoms with E-state index in [1.807, 2.05) is 0 Å². The van der Waals surface area contributed by atoms with Gasteiger partial charge in [0.15, 0.2) is 0 Å². The molecule has 110 valence electrons. The second kappa shape index (κ2) is 6.08. The van der Waals surface area contributed by atoms with Crippen LogP contribution in [0.25, 0.3) is 0 Å². The number of phenolic OH excluding ortho intramolecular Hbond substituents is 1. The second-order valence-electron chi connectivity index (χ2n) is 4.43. The molecular formula is C14H15N3O4. The molecule has 0 saturated heterocycles. The van der Waals surface area contributed by atoms with Crippen LogP contribution in [0.15, 0.2) is 30.6 Å². The van der Waals surface area contributed by atoms with E-state index in [9.17, 15) is 14.7 Å². The highest BCUT2D eigenvalue weighted by molar-refractivity contribution is 6.06. The molecule has 1 amide bonds. The predicted molar refractivity (Wildman–Crippen MR) is 75.0 cm³/mol. The Morgan fingerprint density at radius 2 is 2.19 bits per heavy atom. The van der Waals surface area contributed by atoms with E-state index in [2.05, 4.69) is 15.2 Å². The maximum atomic E-state index is 12.1. The lowest BCUT2D eigenvalue weighted by molar-refractivity contribution is -0.141. The van der Waals surface area contributed by atoms with Crippen LogP contribution in [0.2, 0.25) is 0 Å². The predicted octanol–water partition coefficient (Wildman–Crippen LogP) is 1.32. The Labute approximate surface area is 121 Å². The van der Waals surface area contributed by atoms with Gasteiger partial charge in [-0.1, -0.05) is 12.1 Å². The van der Waals surface area contributed by atoms with Gasteiger partial charge in [-0.25, -0.2) is 0 Å². The highest BCUT2D eigenvalue weighted by atomic mass is 16.5. The van der Waals surface area contributed by atoms with Crippen molar-refractivity contribution >= 4 is 17.6 Å². The summed E-state index contributed by atoms with van der Waals surface area (Å²) in [6, 6.07) is 4.92. The number of hydrogen-bond acceptors (Lipinski definition) is 5. The zero-order valence-electron chi connectivity index (χ0n) is 11.7. The summed E-state index contributed by atoms with van der Waals surface area (Å²) in [6.07, 6.45) is 2.91. The fourth-order valence-electron chi connectivity index (χ4n) is 1.75. The lowest BCUT2D eigenvalue weighted by atomic mass is 10.1. The fraction of sp³-hybridized carbons (Fsp3) is 0.214. The maximum absolute atomic E-state index is 12.1. The van der Waals surface area contributed by atoms with E-state index in [4.69, 9.17) is 0 Å². The van der Waals surface area contributed by atoms with Crippen LogP contribution in [-0.4, -0.2) is 33.9 Å². The molecule has 1 aromatic carbocycles. The monoisotopic (exact) mass is 289 g/mol. The molecule has 0 saturated carbocycles. The zero-order chi connectivity index (χ0) is 15.4. The number of benzene rings is 1. The molecule has 0 radical (unpaired) electrons. The molecule has 0 aliphatic rings. The minimum atomic E-state index is -0.450. The van der Waals surface area contributed by atoms with Crippen molar-refractivity contribution < 1.29 is 19.4 Å². The van der Waals surface area contributed by atoms with Gasteiger partial charge >= 0.3 is 5.97 Å². The van der Waals surface area contributed by atoms with Gasteiger partial charge in [-0.15, -0.1) is 0 Å². The number of amides is 1. The number of carbonyl (C=O) groups is 2. The van der Waals surface area contributed by atoms with Crippen LogP contribution >= 0.6 is 0 Å². The van der Waals surface area contributed by atoms with Gasteiger partial charge in [-0.3, -0.25) is 14.3 Å². The zero-order valence-corrected chi connectivity index (χ0v) is 11.7. The summed E-state index contributed by atoms with van der Waals surface area (Å²) in [4.78, 5) is 23.2. The number of aromatic nitrogens is 2. The summed E-state index contributed by atoms with van der Waals surface area (Å²) in [5.41, 5.74) is 1.21. The first-order chi connectivity index (χ1) is 10.0. The molecule has 2 rings (SSSR count). The molecule has 1 heterocycles. The van der Waals surface area contributed by atoms with Gasteiger partial charge in [-0.05, 0) is 18.6 Å². The number of rotatable bonds is 4. The van der Waals surface area contributed by atoms with Gasteiger partial charge in [0.05, 0.1) is 24.6 Å². The van der Waals surface area contributed by atoms with Crippen LogP contribution in [0.4, 0.5) is 5.69 Å². The Hall–Kier alpha value is -2.83. The highest BCUT2D eigenvalue weighted by Gasteiger charge is 2.13. The summed E-state index contributed by atoms with van der Waals surface area (Å²) in [6.45, 7) is 1.67. The lowest BCUT2D eigenvalue weighted by Crippen LogP contribution is -2.13. The maximum Gasteiger partial charge on any atom is 0.327 e. The number of esters is 1. The van der Waals surface area contributed by atoms with E-state index >= 15 is 0 Å². The molecule has 0 bridgehead atoms. The Morgan fingerprint density at radius 3 is 2.90 bits per heavy atom. The van der Waals surface area contributed by atoms with E-state index in [0.717, 1.165) is 0 Å². The number of aryl methyl sites for hydroxylation is 1. The number of aromatic hydroxyl groups is 1. The van der Waals surface area contributed by atoms with Crippen molar-refractivity contribution in [3.63, 3.8) is 0 Å². The molecule has 7 nitrogen and oxygen atoms in total. The van der Waals surface area contributed by atoms with E-state index in [-0.39, 0.29) is 17.9 Å². The Balaban J connectivity index is 2.09. The van der Waals surface area contributed by atoms with Crippen molar-refractivity contribution in [2.24, 2.45) is 0 Å². The standard InChI is InChI=1S/C14H15N3O4/c1-9-4-3-5-11(13(9)19)14(20)16-10-6-15-17(7-10)8-12(18)21-2/h3-7,19H,8H2,1-2H3,(H,16,20). The number of carbonyl (C=O) groups excluding carboxylic acids is 2. The third-order valence-corrected chi connectivity index (χ3v) is 2.89. The molecule has 0 aliphatic carbocycles. The van der Waals surface area contributed by atoms with Gasteiger partial charge in [0.2, 0.25) is 0 Å². The summed E-state index contributed by atoms with van der Waals surface area (Å²) >= 11 is 0. The summed E-state index contributed by atoms with van der Waals surface area (Å²) in [7, 11) is 1.29. The quantitative estimate of drug-likeness (QED) is 0.828. The molecule has 21 heavy (non-hydrogen) atoms. The van der Waals surface area contributed by atoms with E-state index < -0.39 is 11.9 Å². The Kier molecular flexibility index (Phi) is 4.22. The molecular weight excluding hydrogens is 274 g/mol. The van der Waals surface area contributed by atoms with Crippen molar-refractivity contribution in [2.75, 3.05) is 12.4 Å². The third kappa shape index (κ3) is 3.38. The Morgan fingerprint density at radius 1 is 1.43 bits per heavy atom. The molecule has 0 unspecified atom stereocenters. The normalized spacial score (nSPS) is 10.2. The van der Waals surface area contributed by atoms with E-state index in [1.165, 1.54) is 30.3 Å².